The lowest BCUT2D eigenvalue weighted by Gasteiger charge is -2.33. The lowest BCUT2D eigenvalue weighted by atomic mass is 9.89. The molecule has 7 heteroatoms. The Morgan fingerprint density at radius 3 is 2.05 bits per heavy atom. The number of thiazole rings is 1. The molecular formula is C32H44N2O3S2. The minimum atomic E-state index is -3.46. The number of piperidine rings is 1. The summed E-state index contributed by atoms with van der Waals surface area (Å²) in [6.45, 7) is 16.9. The quantitative estimate of drug-likeness (QED) is 0.248. The van der Waals surface area contributed by atoms with Gasteiger partial charge in [0.15, 0.2) is 15.0 Å². The number of benzene rings is 2. The normalized spacial score (nSPS) is 15.1. The third-order valence-electron chi connectivity index (χ3n) is 7.67. The number of nitrogens with zero attached hydrogens (tertiary/aromatic N) is 2. The molecule has 2 heterocycles. The molecule has 1 fully saturated rings. The summed E-state index contributed by atoms with van der Waals surface area (Å²) < 4.78 is 33.9. The molecule has 0 unspecified atom stereocenters. The maximum atomic E-state index is 14.2. The first-order chi connectivity index (χ1) is 18.5. The van der Waals surface area contributed by atoms with Gasteiger partial charge in [-0.15, -0.1) is 11.3 Å². The van der Waals surface area contributed by atoms with Crippen molar-refractivity contribution in [3.8, 4) is 5.75 Å². The Hall–Kier alpha value is -2.38. The van der Waals surface area contributed by atoms with E-state index >= 15 is 0 Å². The fourth-order valence-corrected chi connectivity index (χ4v) is 8.63. The highest BCUT2D eigenvalue weighted by molar-refractivity contribution is 7.92. The summed E-state index contributed by atoms with van der Waals surface area (Å²) in [5.41, 5.74) is 5.42. The van der Waals surface area contributed by atoms with E-state index in [0.717, 1.165) is 34.1 Å². The molecule has 0 atom stereocenters. The molecule has 1 aliphatic heterocycles. The topological polar surface area (TPSA) is 59.5 Å². The Kier molecular flexibility index (Phi) is 9.43. The molecule has 0 spiro atoms. The Morgan fingerprint density at radius 1 is 0.949 bits per heavy atom. The highest BCUT2D eigenvalue weighted by Gasteiger charge is 2.36. The van der Waals surface area contributed by atoms with Gasteiger partial charge >= 0.3 is 0 Å². The van der Waals surface area contributed by atoms with Crippen molar-refractivity contribution in [2.24, 2.45) is 0 Å². The fraction of sp³-hybridized carbons (Fsp3) is 0.531. The number of hydrogen-bond acceptors (Lipinski definition) is 6. The number of hydrogen-bond donors (Lipinski definition) is 0. The molecule has 1 aromatic heterocycles. The van der Waals surface area contributed by atoms with Gasteiger partial charge in [0.25, 0.3) is 0 Å². The molecule has 1 saturated heterocycles. The van der Waals surface area contributed by atoms with Gasteiger partial charge in [0.05, 0.1) is 22.4 Å². The molecule has 3 aromatic rings. The Morgan fingerprint density at radius 2 is 1.54 bits per heavy atom. The van der Waals surface area contributed by atoms with Crippen LogP contribution in [-0.2, 0) is 16.3 Å². The molecular weight excluding hydrogens is 524 g/mol. The van der Waals surface area contributed by atoms with Gasteiger partial charge in [0.1, 0.15) is 5.75 Å². The third-order valence-corrected chi connectivity index (χ3v) is 11.0. The van der Waals surface area contributed by atoms with Crippen LogP contribution >= 0.6 is 11.3 Å². The maximum Gasteiger partial charge on any atom is 0.185 e. The molecule has 0 bridgehead atoms. The van der Waals surface area contributed by atoms with Crippen molar-refractivity contribution in [2.75, 3.05) is 24.6 Å². The number of aromatic nitrogens is 1. The molecule has 5 nitrogen and oxygen atoms in total. The van der Waals surface area contributed by atoms with E-state index in [0.29, 0.717) is 43.4 Å². The second kappa shape index (κ2) is 12.4. The van der Waals surface area contributed by atoms with Gasteiger partial charge in [-0.1, -0.05) is 65.8 Å². The Bertz CT molecular complexity index is 1320. The van der Waals surface area contributed by atoms with Crippen molar-refractivity contribution in [1.82, 2.24) is 4.98 Å². The van der Waals surface area contributed by atoms with E-state index in [2.05, 4.69) is 76.1 Å². The molecule has 0 saturated carbocycles. The zero-order chi connectivity index (χ0) is 28.3. The third kappa shape index (κ3) is 6.68. The van der Waals surface area contributed by atoms with Crippen molar-refractivity contribution in [1.29, 1.82) is 0 Å². The standard InChI is InChI=1S/C32H44N2O3S2/c1-8-37-27-11-9-24(10-12-27)17-26-20-38-32(33-26)34-15-13-28(14-16-34)39(35,36)31-29(22(4)5)18-25(21(2)3)19-30(31)23(6)7/h9-12,18-23,28H,8,13-17H2,1-7H3. The van der Waals surface area contributed by atoms with Crippen LogP contribution in [0.1, 0.15) is 107 Å². The minimum absolute atomic E-state index is 0.148. The lowest BCUT2D eigenvalue weighted by molar-refractivity contribution is 0.340. The van der Waals surface area contributed by atoms with Crippen molar-refractivity contribution >= 4 is 26.3 Å². The summed E-state index contributed by atoms with van der Waals surface area (Å²) in [7, 11) is -3.46. The second-order valence-electron chi connectivity index (χ2n) is 11.6. The summed E-state index contributed by atoms with van der Waals surface area (Å²) in [4.78, 5) is 7.75. The first-order valence-electron chi connectivity index (χ1n) is 14.3. The van der Waals surface area contributed by atoms with Gasteiger partial charge in [0, 0.05) is 24.9 Å². The number of sulfone groups is 1. The summed E-state index contributed by atoms with van der Waals surface area (Å²) in [6, 6.07) is 12.5. The molecule has 0 aliphatic carbocycles. The average molecular weight is 569 g/mol. The second-order valence-corrected chi connectivity index (χ2v) is 14.6. The summed E-state index contributed by atoms with van der Waals surface area (Å²) >= 11 is 1.65. The SMILES string of the molecule is CCOc1ccc(Cc2csc(N3CCC(S(=O)(=O)c4c(C(C)C)cc(C(C)C)cc4C(C)C)CC3)n2)cc1. The van der Waals surface area contributed by atoms with Crippen molar-refractivity contribution in [2.45, 2.75) is 95.6 Å². The van der Waals surface area contributed by atoms with Crippen LogP contribution in [0.3, 0.4) is 0 Å². The monoisotopic (exact) mass is 568 g/mol. The molecule has 0 N–H and O–H groups in total. The molecule has 4 rings (SSSR count). The van der Waals surface area contributed by atoms with Gasteiger partial charge in [-0.3, -0.25) is 0 Å². The predicted molar refractivity (Wildman–Crippen MR) is 164 cm³/mol. The molecule has 0 amide bonds. The molecule has 39 heavy (non-hydrogen) atoms. The van der Waals surface area contributed by atoms with E-state index in [4.69, 9.17) is 9.72 Å². The Labute approximate surface area is 239 Å². The van der Waals surface area contributed by atoms with Crippen molar-refractivity contribution in [3.05, 3.63) is 69.7 Å². The highest BCUT2D eigenvalue weighted by Crippen LogP contribution is 2.39. The van der Waals surface area contributed by atoms with Crippen molar-refractivity contribution in [3.63, 3.8) is 0 Å². The van der Waals surface area contributed by atoms with E-state index in [1.54, 1.807) is 11.3 Å². The van der Waals surface area contributed by atoms with Gasteiger partial charge in [-0.2, -0.15) is 0 Å². The van der Waals surface area contributed by atoms with Crippen LogP contribution in [-0.4, -0.2) is 38.3 Å². The average Bonchev–Trinajstić information content (AvgIpc) is 3.37. The van der Waals surface area contributed by atoms with Crippen LogP contribution in [0.5, 0.6) is 5.75 Å². The van der Waals surface area contributed by atoms with Crippen LogP contribution in [0.25, 0.3) is 0 Å². The summed E-state index contributed by atoms with van der Waals surface area (Å²) in [5.74, 6) is 1.54. The zero-order valence-corrected chi connectivity index (χ0v) is 26.2. The Balaban J connectivity index is 1.49. The van der Waals surface area contributed by atoms with E-state index in [-0.39, 0.29) is 17.1 Å². The maximum absolute atomic E-state index is 14.2. The van der Waals surface area contributed by atoms with Crippen LogP contribution in [0.4, 0.5) is 5.13 Å². The van der Waals surface area contributed by atoms with Crippen LogP contribution in [0, 0.1) is 0 Å². The zero-order valence-electron chi connectivity index (χ0n) is 24.5. The van der Waals surface area contributed by atoms with Gasteiger partial charge in [-0.25, -0.2) is 13.4 Å². The number of ether oxygens (including phenoxy) is 1. The van der Waals surface area contributed by atoms with E-state index < -0.39 is 9.84 Å². The fourth-order valence-electron chi connectivity index (χ4n) is 5.34. The van der Waals surface area contributed by atoms with Crippen LogP contribution in [0.2, 0.25) is 0 Å². The first-order valence-corrected chi connectivity index (χ1v) is 16.8. The molecule has 2 aromatic carbocycles. The van der Waals surface area contributed by atoms with E-state index in [1.807, 2.05) is 19.1 Å². The molecule has 212 valence electrons. The summed E-state index contributed by atoms with van der Waals surface area (Å²) in [5, 5.41) is 2.74. The number of rotatable bonds is 10. The molecule has 0 radical (unpaired) electrons. The van der Waals surface area contributed by atoms with Crippen LogP contribution < -0.4 is 9.64 Å². The smallest absolute Gasteiger partial charge is 0.185 e. The minimum Gasteiger partial charge on any atom is -0.494 e. The van der Waals surface area contributed by atoms with E-state index in [1.165, 1.54) is 11.1 Å². The lowest BCUT2D eigenvalue weighted by Crippen LogP contribution is -2.40. The summed E-state index contributed by atoms with van der Waals surface area (Å²) in [6.07, 6.45) is 2.02. The van der Waals surface area contributed by atoms with Crippen molar-refractivity contribution < 1.29 is 13.2 Å². The first kappa shape index (κ1) is 29.6. The highest BCUT2D eigenvalue weighted by atomic mass is 32.2. The number of anilines is 1. The van der Waals surface area contributed by atoms with Crippen LogP contribution in [0.15, 0.2) is 46.7 Å². The van der Waals surface area contributed by atoms with Gasteiger partial charge in [0.2, 0.25) is 0 Å². The largest absolute Gasteiger partial charge is 0.494 e. The van der Waals surface area contributed by atoms with E-state index in [9.17, 15) is 8.42 Å². The van der Waals surface area contributed by atoms with Gasteiger partial charge < -0.3 is 9.64 Å². The molecule has 1 aliphatic rings. The predicted octanol–water partition coefficient (Wildman–Crippen LogP) is 7.95. The van der Waals surface area contributed by atoms with Gasteiger partial charge in [-0.05, 0) is 71.9 Å².